The quantitative estimate of drug-likeness (QED) is 0.354. The van der Waals surface area contributed by atoms with Crippen LogP contribution in [0, 0.1) is 30.6 Å². The molecule has 1 saturated heterocycles. The van der Waals surface area contributed by atoms with Crippen molar-refractivity contribution in [1.29, 1.82) is 0 Å². The van der Waals surface area contributed by atoms with Crippen molar-refractivity contribution >= 4 is 11.0 Å². The highest BCUT2D eigenvalue weighted by molar-refractivity contribution is 5.75. The summed E-state index contributed by atoms with van der Waals surface area (Å²) in [7, 11) is 0. The second-order valence-corrected chi connectivity index (χ2v) is 10.1. The molecule has 5 rings (SSSR count). The van der Waals surface area contributed by atoms with E-state index < -0.39 is 0 Å². The number of likely N-dealkylation sites (tertiary alicyclic amines) is 1. The summed E-state index contributed by atoms with van der Waals surface area (Å²) in [6.07, 6.45) is 3.56. The van der Waals surface area contributed by atoms with Gasteiger partial charge in [-0.3, -0.25) is 9.69 Å². The second-order valence-electron chi connectivity index (χ2n) is 10.1. The highest BCUT2D eigenvalue weighted by Crippen LogP contribution is 2.17. The van der Waals surface area contributed by atoms with Crippen molar-refractivity contribution in [2.45, 2.75) is 32.4 Å². The van der Waals surface area contributed by atoms with Gasteiger partial charge in [0.2, 0.25) is 0 Å². The van der Waals surface area contributed by atoms with E-state index in [1.165, 1.54) is 6.20 Å². The van der Waals surface area contributed by atoms with Crippen LogP contribution >= 0.6 is 0 Å². The Hall–Kier alpha value is -4.16. The minimum atomic E-state index is -0.0388. The maximum atomic E-state index is 12.6. The van der Waals surface area contributed by atoms with Crippen LogP contribution in [0.15, 0.2) is 89.9 Å². The van der Waals surface area contributed by atoms with Crippen molar-refractivity contribution in [1.82, 2.24) is 19.4 Å². The van der Waals surface area contributed by atoms with Crippen molar-refractivity contribution < 1.29 is 0 Å². The zero-order valence-corrected chi connectivity index (χ0v) is 22.5. The molecule has 0 bridgehead atoms. The number of hydrogen-bond donors (Lipinski definition) is 0. The molecule has 3 aromatic carbocycles. The minimum absolute atomic E-state index is 0.0388. The van der Waals surface area contributed by atoms with E-state index in [0.29, 0.717) is 25.7 Å². The molecule has 0 N–H and O–H groups in total. The molecule has 4 aromatic rings. The molecule has 1 fully saturated rings. The van der Waals surface area contributed by atoms with Crippen LogP contribution in [0.25, 0.3) is 11.0 Å². The third-order valence-electron chi connectivity index (χ3n) is 7.29. The second kappa shape index (κ2) is 13.1. The first-order valence-corrected chi connectivity index (χ1v) is 13.7. The van der Waals surface area contributed by atoms with Crippen molar-refractivity contribution in [3.63, 3.8) is 0 Å². The average molecular weight is 515 g/mol. The lowest BCUT2D eigenvalue weighted by molar-refractivity contribution is 0.126. The summed E-state index contributed by atoms with van der Waals surface area (Å²) in [6, 6.07) is 26.8. The number of benzene rings is 3. The van der Waals surface area contributed by atoms with Gasteiger partial charge in [-0.15, -0.1) is 0 Å². The molecule has 0 amide bonds. The molecule has 5 heteroatoms. The first kappa shape index (κ1) is 26.4. The number of aryl methyl sites for hydroxylation is 1. The third kappa shape index (κ3) is 7.24. The van der Waals surface area contributed by atoms with Crippen molar-refractivity contribution in [3.8, 4) is 23.7 Å². The molecule has 0 aliphatic carbocycles. The smallest absolute Gasteiger partial charge is 0.269 e. The molecule has 196 valence electrons. The number of aromatic nitrogens is 2. The van der Waals surface area contributed by atoms with E-state index in [1.54, 1.807) is 0 Å². The van der Waals surface area contributed by atoms with E-state index in [2.05, 4.69) is 44.5 Å². The van der Waals surface area contributed by atoms with Gasteiger partial charge in [0.1, 0.15) is 0 Å². The van der Waals surface area contributed by atoms with E-state index in [-0.39, 0.29) is 5.56 Å². The van der Waals surface area contributed by atoms with Gasteiger partial charge < -0.3 is 9.47 Å². The average Bonchev–Trinajstić information content (AvgIpc) is 2.97. The van der Waals surface area contributed by atoms with Gasteiger partial charge in [-0.1, -0.05) is 66.1 Å². The Morgan fingerprint density at radius 2 is 1.46 bits per heavy atom. The Labute approximate surface area is 231 Å². The number of piperidine rings is 1. The van der Waals surface area contributed by atoms with Gasteiger partial charge in [-0.2, -0.15) is 0 Å². The standard InChI is InChI=1S/C34H34N4O/c1-28-16-17-32-33(26-28)38(34(39)27-35-32)25-24-36-22-18-31(19-23-36)37(20-8-14-29-10-4-2-5-11-29)21-9-15-30-12-6-3-7-13-30/h2-7,10-13,16-17,26-27,31H,18-25H2,1H3. The van der Waals surface area contributed by atoms with E-state index in [1.807, 2.05) is 84.3 Å². The molecule has 1 aliphatic rings. The highest BCUT2D eigenvalue weighted by Gasteiger charge is 2.24. The Kier molecular flexibility index (Phi) is 8.86. The lowest BCUT2D eigenvalue weighted by Gasteiger charge is -2.37. The zero-order chi connectivity index (χ0) is 26.9. The number of rotatable bonds is 6. The van der Waals surface area contributed by atoms with E-state index in [9.17, 15) is 4.79 Å². The summed E-state index contributed by atoms with van der Waals surface area (Å²) in [6.45, 7) is 6.95. The Morgan fingerprint density at radius 3 is 2.08 bits per heavy atom. The molecule has 1 aromatic heterocycles. The molecule has 0 saturated carbocycles. The fourth-order valence-corrected chi connectivity index (χ4v) is 5.10. The van der Waals surface area contributed by atoms with Gasteiger partial charge in [-0.25, -0.2) is 4.98 Å². The zero-order valence-electron chi connectivity index (χ0n) is 22.5. The van der Waals surface area contributed by atoms with Gasteiger partial charge >= 0.3 is 0 Å². The van der Waals surface area contributed by atoms with Gasteiger partial charge in [0.05, 0.1) is 30.3 Å². The molecule has 2 heterocycles. The number of fused-ring (bicyclic) bond motifs is 1. The molecule has 0 unspecified atom stereocenters. The van der Waals surface area contributed by atoms with Gasteiger partial charge in [0, 0.05) is 30.3 Å². The molecular formula is C34H34N4O. The van der Waals surface area contributed by atoms with Crippen LogP contribution in [0.2, 0.25) is 0 Å². The normalized spacial score (nSPS) is 14.0. The number of nitrogens with zero attached hydrogens (tertiary/aromatic N) is 4. The maximum absolute atomic E-state index is 12.6. The summed E-state index contributed by atoms with van der Waals surface area (Å²) >= 11 is 0. The summed E-state index contributed by atoms with van der Waals surface area (Å²) in [5.74, 6) is 13.4. The predicted molar refractivity (Wildman–Crippen MR) is 158 cm³/mol. The molecule has 5 nitrogen and oxygen atoms in total. The maximum Gasteiger partial charge on any atom is 0.269 e. The molecule has 0 spiro atoms. The number of hydrogen-bond acceptors (Lipinski definition) is 4. The molecule has 0 atom stereocenters. The molecular weight excluding hydrogens is 480 g/mol. The Balaban J connectivity index is 1.22. The molecule has 39 heavy (non-hydrogen) atoms. The summed E-state index contributed by atoms with van der Waals surface area (Å²) in [5, 5.41) is 0. The minimum Gasteiger partial charge on any atom is -0.304 e. The topological polar surface area (TPSA) is 41.4 Å². The van der Waals surface area contributed by atoms with Crippen LogP contribution in [-0.4, -0.2) is 58.1 Å². The monoisotopic (exact) mass is 514 g/mol. The fourth-order valence-electron chi connectivity index (χ4n) is 5.10. The van der Waals surface area contributed by atoms with Crippen molar-refractivity contribution in [2.75, 3.05) is 32.7 Å². The van der Waals surface area contributed by atoms with E-state index in [0.717, 1.165) is 60.2 Å². The third-order valence-corrected chi connectivity index (χ3v) is 7.29. The Morgan fingerprint density at radius 1 is 0.846 bits per heavy atom. The van der Waals surface area contributed by atoms with Gasteiger partial charge in [-0.05, 0) is 74.8 Å². The first-order valence-electron chi connectivity index (χ1n) is 13.7. The molecule has 0 radical (unpaired) electrons. The van der Waals surface area contributed by atoms with Crippen LogP contribution in [0.4, 0.5) is 0 Å². The SMILES string of the molecule is Cc1ccc2ncc(=O)n(CCN3CCC(N(CC#Cc4ccccc4)CC#Cc4ccccc4)CC3)c2c1. The van der Waals surface area contributed by atoms with Gasteiger partial charge in [0.15, 0.2) is 0 Å². The Bertz CT molecular complexity index is 1500. The lowest BCUT2D eigenvalue weighted by Crippen LogP contribution is -2.46. The van der Waals surface area contributed by atoms with Crippen LogP contribution in [0.1, 0.15) is 29.5 Å². The van der Waals surface area contributed by atoms with Crippen LogP contribution in [-0.2, 0) is 6.54 Å². The predicted octanol–water partition coefficient (Wildman–Crippen LogP) is 4.57. The summed E-state index contributed by atoms with van der Waals surface area (Å²) in [5.41, 5.74) is 4.95. The summed E-state index contributed by atoms with van der Waals surface area (Å²) in [4.78, 5) is 21.8. The lowest BCUT2D eigenvalue weighted by atomic mass is 10.0. The van der Waals surface area contributed by atoms with Crippen LogP contribution in [0.5, 0.6) is 0 Å². The van der Waals surface area contributed by atoms with Crippen LogP contribution < -0.4 is 5.56 Å². The molecule has 1 aliphatic heterocycles. The fraction of sp³-hybridized carbons (Fsp3) is 0.294. The summed E-state index contributed by atoms with van der Waals surface area (Å²) < 4.78 is 1.87. The van der Waals surface area contributed by atoms with Crippen LogP contribution in [0.3, 0.4) is 0 Å². The van der Waals surface area contributed by atoms with Gasteiger partial charge in [0.25, 0.3) is 5.56 Å². The van der Waals surface area contributed by atoms with E-state index in [4.69, 9.17) is 0 Å². The highest BCUT2D eigenvalue weighted by atomic mass is 16.1. The van der Waals surface area contributed by atoms with Crippen molar-refractivity contribution in [3.05, 3.63) is 112 Å². The first-order chi connectivity index (χ1) is 19.2. The largest absolute Gasteiger partial charge is 0.304 e. The van der Waals surface area contributed by atoms with Crippen molar-refractivity contribution in [2.24, 2.45) is 0 Å². The van der Waals surface area contributed by atoms with E-state index >= 15 is 0 Å².